The average molecular weight is 415 g/mol. The van der Waals surface area contributed by atoms with Crippen LogP contribution in [0, 0.1) is 0 Å². The number of hydrogen-bond acceptors (Lipinski definition) is 4. The summed E-state index contributed by atoms with van der Waals surface area (Å²) < 4.78 is 0.988. The number of hydrogen-bond donors (Lipinski definition) is 2. The van der Waals surface area contributed by atoms with Gasteiger partial charge < -0.3 is 5.32 Å². The third kappa shape index (κ3) is 6.13. The number of carbonyl (C=O) groups excluding carboxylic acids is 2. The van der Waals surface area contributed by atoms with Crippen LogP contribution in [0.1, 0.15) is 17.7 Å². The monoisotopic (exact) mass is 413 g/mol. The van der Waals surface area contributed by atoms with Gasteiger partial charge >= 0.3 is 0 Å². The highest BCUT2D eigenvalue weighted by Crippen LogP contribution is 2.21. The number of nitrogens with one attached hydrogen (secondary N) is 2. The second kappa shape index (κ2) is 8.81. The Morgan fingerprint density at radius 1 is 1.17 bits per heavy atom. The summed E-state index contributed by atoms with van der Waals surface area (Å²) in [5.41, 5.74) is 2.92. The molecule has 0 atom stereocenters. The summed E-state index contributed by atoms with van der Waals surface area (Å²) in [5.74, 6) is -0.606. The van der Waals surface area contributed by atoms with E-state index >= 15 is 0 Å². The van der Waals surface area contributed by atoms with Crippen LogP contribution in [0.2, 0.25) is 5.02 Å². The molecule has 0 radical (unpaired) electrons. The third-order valence-corrected chi connectivity index (χ3v) is 4.59. The van der Waals surface area contributed by atoms with E-state index in [1.54, 1.807) is 30.5 Å². The van der Waals surface area contributed by atoms with Crippen LogP contribution in [0.25, 0.3) is 0 Å². The Balaban J connectivity index is 1.72. The molecule has 1 aromatic carbocycles. The summed E-state index contributed by atoms with van der Waals surface area (Å²) in [7, 11) is 0. The summed E-state index contributed by atoms with van der Waals surface area (Å²) in [6.07, 6.45) is 1.65. The predicted octanol–water partition coefficient (Wildman–Crippen LogP) is 4.03. The zero-order valence-electron chi connectivity index (χ0n) is 11.9. The van der Waals surface area contributed by atoms with E-state index in [0.29, 0.717) is 10.7 Å². The lowest BCUT2D eigenvalue weighted by atomic mass is 10.2. The molecule has 2 rings (SSSR count). The van der Waals surface area contributed by atoms with Gasteiger partial charge in [-0.2, -0.15) is 5.10 Å². The SMILES string of the molecule is O=C(CCC(=O)Nc1ccccc1Cl)N/N=C/c1ccc(Br)s1. The van der Waals surface area contributed by atoms with Crippen molar-refractivity contribution in [2.24, 2.45) is 5.10 Å². The molecule has 2 aromatic rings. The van der Waals surface area contributed by atoms with Crippen LogP contribution in [-0.4, -0.2) is 18.0 Å². The molecule has 2 amide bonds. The molecule has 0 unspecified atom stereocenters. The van der Waals surface area contributed by atoms with Crippen molar-refractivity contribution in [3.63, 3.8) is 0 Å². The van der Waals surface area contributed by atoms with Gasteiger partial charge in [-0.25, -0.2) is 5.43 Å². The number of anilines is 1. The number of rotatable bonds is 6. The predicted molar refractivity (Wildman–Crippen MR) is 97.1 cm³/mol. The fraction of sp³-hybridized carbons (Fsp3) is 0.133. The van der Waals surface area contributed by atoms with Gasteiger partial charge in [-0.3, -0.25) is 9.59 Å². The van der Waals surface area contributed by atoms with Crippen LogP contribution >= 0.6 is 38.9 Å². The molecule has 0 aliphatic carbocycles. The highest BCUT2D eigenvalue weighted by molar-refractivity contribution is 9.11. The maximum absolute atomic E-state index is 11.8. The van der Waals surface area contributed by atoms with Gasteiger partial charge in [0.2, 0.25) is 11.8 Å². The molecule has 0 saturated carbocycles. The maximum atomic E-state index is 11.8. The zero-order valence-corrected chi connectivity index (χ0v) is 15.0. The van der Waals surface area contributed by atoms with Crippen molar-refractivity contribution >= 4 is 62.6 Å². The second-order valence-corrected chi connectivity index (χ2v) is 7.36. The largest absolute Gasteiger partial charge is 0.325 e. The lowest BCUT2D eigenvalue weighted by Crippen LogP contribution is -2.20. The number of amides is 2. The van der Waals surface area contributed by atoms with Gasteiger partial charge in [0.1, 0.15) is 0 Å². The summed E-state index contributed by atoms with van der Waals surface area (Å²) in [4.78, 5) is 24.3. The van der Waals surface area contributed by atoms with Gasteiger partial charge in [0.25, 0.3) is 0 Å². The Kier molecular flexibility index (Phi) is 6.76. The van der Waals surface area contributed by atoms with Crippen molar-refractivity contribution in [2.75, 3.05) is 5.32 Å². The summed E-state index contributed by atoms with van der Waals surface area (Å²) >= 11 is 10.8. The van der Waals surface area contributed by atoms with Crippen molar-refractivity contribution in [3.8, 4) is 0 Å². The van der Waals surface area contributed by atoms with E-state index in [9.17, 15) is 9.59 Å². The van der Waals surface area contributed by atoms with E-state index in [2.05, 4.69) is 31.8 Å². The van der Waals surface area contributed by atoms with Crippen LogP contribution in [0.3, 0.4) is 0 Å². The Morgan fingerprint density at radius 2 is 1.91 bits per heavy atom. The first-order valence-electron chi connectivity index (χ1n) is 6.66. The number of benzene rings is 1. The molecule has 0 spiro atoms. The molecule has 1 aromatic heterocycles. The van der Waals surface area contributed by atoms with Crippen LogP contribution in [0.5, 0.6) is 0 Å². The standard InChI is InChI=1S/C15H13BrClN3O2S/c16-13-6-5-10(23-13)9-18-20-15(22)8-7-14(21)19-12-4-2-1-3-11(12)17/h1-6,9H,7-8H2,(H,19,21)(H,20,22)/b18-9+. The molecule has 0 aliphatic rings. The molecule has 1 heterocycles. The fourth-order valence-electron chi connectivity index (χ4n) is 1.62. The number of para-hydroxylation sites is 1. The zero-order chi connectivity index (χ0) is 16.7. The maximum Gasteiger partial charge on any atom is 0.240 e. The fourth-order valence-corrected chi connectivity index (χ4v) is 3.10. The molecule has 8 heteroatoms. The highest BCUT2D eigenvalue weighted by atomic mass is 79.9. The van der Waals surface area contributed by atoms with Gasteiger partial charge in [0.15, 0.2) is 0 Å². The van der Waals surface area contributed by atoms with Gasteiger partial charge in [-0.15, -0.1) is 11.3 Å². The quantitative estimate of drug-likeness (QED) is 0.553. The Morgan fingerprint density at radius 3 is 2.61 bits per heavy atom. The first-order valence-corrected chi connectivity index (χ1v) is 8.65. The third-order valence-electron chi connectivity index (χ3n) is 2.70. The number of nitrogens with zero attached hydrogens (tertiary/aromatic N) is 1. The summed E-state index contributed by atoms with van der Waals surface area (Å²) in [6.45, 7) is 0. The van der Waals surface area contributed by atoms with Crippen molar-refractivity contribution < 1.29 is 9.59 Å². The molecule has 23 heavy (non-hydrogen) atoms. The van der Waals surface area contributed by atoms with Crippen LogP contribution < -0.4 is 10.7 Å². The van der Waals surface area contributed by atoms with E-state index in [4.69, 9.17) is 11.6 Å². The van der Waals surface area contributed by atoms with Gasteiger partial charge in [-0.05, 0) is 40.2 Å². The molecule has 0 saturated heterocycles. The first-order chi connectivity index (χ1) is 11.0. The Labute approximate surface area is 150 Å². The number of halogens is 2. The van der Waals surface area contributed by atoms with E-state index < -0.39 is 0 Å². The number of thiophene rings is 1. The normalized spacial score (nSPS) is 10.7. The molecule has 5 nitrogen and oxygen atoms in total. The van der Waals surface area contributed by atoms with Crippen molar-refractivity contribution in [2.45, 2.75) is 12.8 Å². The minimum atomic E-state index is -0.328. The first kappa shape index (κ1) is 17.7. The Hall–Kier alpha value is -1.70. The number of carbonyl (C=O) groups is 2. The number of hydrazone groups is 1. The highest BCUT2D eigenvalue weighted by Gasteiger charge is 2.08. The molecule has 0 bridgehead atoms. The molecular formula is C15H13BrClN3O2S. The van der Waals surface area contributed by atoms with E-state index in [1.165, 1.54) is 11.3 Å². The van der Waals surface area contributed by atoms with E-state index in [-0.39, 0.29) is 24.7 Å². The lowest BCUT2D eigenvalue weighted by Gasteiger charge is -2.06. The van der Waals surface area contributed by atoms with Gasteiger partial charge in [0.05, 0.1) is 20.7 Å². The minimum absolute atomic E-state index is 0.0434. The molecule has 120 valence electrons. The second-order valence-electron chi connectivity index (χ2n) is 4.46. The van der Waals surface area contributed by atoms with E-state index in [1.807, 2.05) is 12.1 Å². The van der Waals surface area contributed by atoms with Gasteiger partial charge in [0, 0.05) is 17.7 Å². The van der Waals surface area contributed by atoms with Gasteiger partial charge in [-0.1, -0.05) is 23.7 Å². The van der Waals surface area contributed by atoms with Crippen molar-refractivity contribution in [1.82, 2.24) is 5.43 Å². The summed E-state index contributed by atoms with van der Waals surface area (Å²) in [6, 6.07) is 10.7. The van der Waals surface area contributed by atoms with E-state index in [0.717, 1.165) is 8.66 Å². The smallest absolute Gasteiger partial charge is 0.240 e. The minimum Gasteiger partial charge on any atom is -0.325 e. The van der Waals surface area contributed by atoms with Crippen molar-refractivity contribution in [3.05, 3.63) is 50.1 Å². The van der Waals surface area contributed by atoms with Crippen LogP contribution in [-0.2, 0) is 9.59 Å². The average Bonchev–Trinajstić information content (AvgIpc) is 2.93. The van der Waals surface area contributed by atoms with Crippen LogP contribution in [0.15, 0.2) is 45.3 Å². The summed E-state index contributed by atoms with van der Waals surface area (Å²) in [5, 5.41) is 6.96. The molecule has 0 fully saturated rings. The molecule has 2 N–H and O–H groups in total. The topological polar surface area (TPSA) is 70.6 Å². The lowest BCUT2D eigenvalue weighted by molar-refractivity contribution is -0.124. The van der Waals surface area contributed by atoms with Crippen LogP contribution in [0.4, 0.5) is 5.69 Å². The van der Waals surface area contributed by atoms with Crippen molar-refractivity contribution in [1.29, 1.82) is 0 Å². The molecule has 0 aliphatic heterocycles. The molecular weight excluding hydrogens is 402 g/mol. The Bertz CT molecular complexity index is 733.